The number of nitrogens with two attached hydrogens (primary N) is 1. The lowest BCUT2D eigenvalue weighted by atomic mass is 10.3. The van der Waals surface area contributed by atoms with Crippen LogP contribution in [0.3, 0.4) is 0 Å². The van der Waals surface area contributed by atoms with Gasteiger partial charge in [0.25, 0.3) is 5.89 Å². The highest BCUT2D eigenvalue weighted by atomic mass is 16.5. The Kier molecular flexibility index (Phi) is 2.77. The molecule has 0 aliphatic carbocycles. The van der Waals surface area contributed by atoms with Gasteiger partial charge in [-0.3, -0.25) is 4.68 Å². The molecule has 0 aliphatic rings. The summed E-state index contributed by atoms with van der Waals surface area (Å²) in [4.78, 5) is 4.24. The van der Waals surface area contributed by atoms with E-state index in [2.05, 4.69) is 15.2 Å². The Hall–Kier alpha value is -1.69. The Labute approximate surface area is 87.1 Å². The third-order valence-corrected chi connectivity index (χ3v) is 2.02. The zero-order valence-electron chi connectivity index (χ0n) is 8.55. The van der Waals surface area contributed by atoms with Gasteiger partial charge in [0.1, 0.15) is 0 Å². The van der Waals surface area contributed by atoms with Gasteiger partial charge in [-0.1, -0.05) is 5.16 Å². The van der Waals surface area contributed by atoms with Crippen LogP contribution >= 0.6 is 0 Å². The standard InChI is InChI=1S/C9H13N5O/c1-14-6-7(5-11-14)9-12-8(13-15-9)3-2-4-10/h5-6H,2-4,10H2,1H3. The Morgan fingerprint density at radius 2 is 2.40 bits per heavy atom. The highest BCUT2D eigenvalue weighted by molar-refractivity contribution is 5.49. The molecule has 2 aromatic heterocycles. The van der Waals surface area contributed by atoms with Crippen LogP contribution < -0.4 is 5.73 Å². The van der Waals surface area contributed by atoms with Crippen molar-refractivity contribution in [2.24, 2.45) is 12.8 Å². The maximum Gasteiger partial charge on any atom is 0.261 e. The largest absolute Gasteiger partial charge is 0.334 e. The Morgan fingerprint density at radius 1 is 1.53 bits per heavy atom. The first-order valence-corrected chi connectivity index (χ1v) is 4.81. The monoisotopic (exact) mass is 207 g/mol. The first-order chi connectivity index (χ1) is 7.29. The second-order valence-electron chi connectivity index (χ2n) is 3.31. The Bertz CT molecular complexity index is 433. The molecule has 6 heteroatoms. The fraction of sp³-hybridized carbons (Fsp3) is 0.444. The second-order valence-corrected chi connectivity index (χ2v) is 3.31. The summed E-state index contributed by atoms with van der Waals surface area (Å²) < 4.78 is 6.80. The number of hydrogen-bond acceptors (Lipinski definition) is 5. The highest BCUT2D eigenvalue weighted by Crippen LogP contribution is 2.15. The van der Waals surface area contributed by atoms with E-state index in [1.54, 1.807) is 10.9 Å². The van der Waals surface area contributed by atoms with Gasteiger partial charge in [-0.15, -0.1) is 0 Å². The highest BCUT2D eigenvalue weighted by Gasteiger charge is 2.09. The van der Waals surface area contributed by atoms with Crippen LogP contribution in [0, 0.1) is 0 Å². The molecule has 0 fully saturated rings. The minimum absolute atomic E-state index is 0.509. The van der Waals surface area contributed by atoms with Gasteiger partial charge < -0.3 is 10.3 Å². The maximum atomic E-state index is 5.40. The van der Waals surface area contributed by atoms with Crippen molar-refractivity contribution in [1.82, 2.24) is 19.9 Å². The predicted molar refractivity (Wildman–Crippen MR) is 53.9 cm³/mol. The van der Waals surface area contributed by atoms with Crippen LogP contribution in [-0.2, 0) is 13.5 Å². The van der Waals surface area contributed by atoms with Crippen LogP contribution in [0.25, 0.3) is 11.5 Å². The van der Waals surface area contributed by atoms with E-state index in [9.17, 15) is 0 Å². The molecule has 0 unspecified atom stereocenters. The van der Waals surface area contributed by atoms with Crippen molar-refractivity contribution in [3.63, 3.8) is 0 Å². The van der Waals surface area contributed by atoms with Crippen LogP contribution in [0.2, 0.25) is 0 Å². The van der Waals surface area contributed by atoms with Gasteiger partial charge in [-0.2, -0.15) is 10.1 Å². The fourth-order valence-electron chi connectivity index (χ4n) is 1.26. The SMILES string of the molecule is Cn1cc(-c2nc(CCCN)no2)cn1. The van der Waals surface area contributed by atoms with Crippen molar-refractivity contribution >= 4 is 0 Å². The Morgan fingerprint density at radius 3 is 3.07 bits per heavy atom. The molecule has 0 aromatic carbocycles. The summed E-state index contributed by atoms with van der Waals surface area (Å²) in [6, 6.07) is 0. The molecule has 0 saturated carbocycles. The van der Waals surface area contributed by atoms with E-state index in [1.165, 1.54) is 0 Å². The lowest BCUT2D eigenvalue weighted by Crippen LogP contribution is -2.01. The lowest BCUT2D eigenvalue weighted by molar-refractivity contribution is 0.422. The van der Waals surface area contributed by atoms with Crippen molar-refractivity contribution in [1.29, 1.82) is 0 Å². The zero-order chi connectivity index (χ0) is 10.7. The van der Waals surface area contributed by atoms with Crippen molar-refractivity contribution in [3.05, 3.63) is 18.2 Å². The van der Waals surface area contributed by atoms with E-state index in [1.807, 2.05) is 13.2 Å². The quantitative estimate of drug-likeness (QED) is 0.782. The molecule has 2 heterocycles. The van der Waals surface area contributed by atoms with Crippen molar-refractivity contribution in [2.45, 2.75) is 12.8 Å². The summed E-state index contributed by atoms with van der Waals surface area (Å²) >= 11 is 0. The van der Waals surface area contributed by atoms with Gasteiger partial charge in [0.15, 0.2) is 5.82 Å². The fourth-order valence-corrected chi connectivity index (χ4v) is 1.26. The smallest absolute Gasteiger partial charge is 0.261 e. The second kappa shape index (κ2) is 4.22. The predicted octanol–water partition coefficient (Wildman–Crippen LogP) is 0.361. The molecule has 0 spiro atoms. The number of aryl methyl sites for hydroxylation is 2. The molecule has 2 aromatic rings. The van der Waals surface area contributed by atoms with Crippen molar-refractivity contribution in [3.8, 4) is 11.5 Å². The molecule has 0 radical (unpaired) electrons. The van der Waals surface area contributed by atoms with Gasteiger partial charge in [-0.25, -0.2) is 0 Å². The van der Waals surface area contributed by atoms with Crippen LogP contribution in [-0.4, -0.2) is 26.5 Å². The van der Waals surface area contributed by atoms with Crippen LogP contribution in [0.1, 0.15) is 12.2 Å². The van der Waals surface area contributed by atoms with Crippen LogP contribution in [0.5, 0.6) is 0 Å². The molecule has 0 saturated heterocycles. The minimum Gasteiger partial charge on any atom is -0.334 e. The normalized spacial score (nSPS) is 10.8. The summed E-state index contributed by atoms with van der Waals surface area (Å²) in [5.74, 6) is 1.20. The van der Waals surface area contributed by atoms with E-state index in [4.69, 9.17) is 10.3 Å². The summed E-state index contributed by atoms with van der Waals surface area (Å²) in [5.41, 5.74) is 6.24. The van der Waals surface area contributed by atoms with E-state index in [0.717, 1.165) is 18.4 Å². The summed E-state index contributed by atoms with van der Waals surface area (Å²) in [5, 5.41) is 7.89. The molecular weight excluding hydrogens is 194 g/mol. The summed E-state index contributed by atoms with van der Waals surface area (Å²) in [6.07, 6.45) is 5.15. The molecule has 80 valence electrons. The zero-order valence-corrected chi connectivity index (χ0v) is 8.55. The Balaban J connectivity index is 2.13. The summed E-state index contributed by atoms with van der Waals surface area (Å²) in [7, 11) is 1.84. The first kappa shape index (κ1) is 9.85. The molecule has 0 amide bonds. The number of nitrogens with zero attached hydrogens (tertiary/aromatic N) is 4. The molecular formula is C9H13N5O. The number of rotatable bonds is 4. The lowest BCUT2D eigenvalue weighted by Gasteiger charge is -1.88. The van der Waals surface area contributed by atoms with Crippen molar-refractivity contribution in [2.75, 3.05) is 6.54 Å². The topological polar surface area (TPSA) is 82.8 Å². The van der Waals surface area contributed by atoms with E-state index < -0.39 is 0 Å². The molecule has 15 heavy (non-hydrogen) atoms. The van der Waals surface area contributed by atoms with Gasteiger partial charge in [-0.05, 0) is 13.0 Å². The third-order valence-electron chi connectivity index (χ3n) is 2.02. The van der Waals surface area contributed by atoms with E-state index in [-0.39, 0.29) is 0 Å². The molecule has 2 rings (SSSR count). The number of aromatic nitrogens is 4. The minimum atomic E-state index is 0.509. The maximum absolute atomic E-state index is 5.40. The van der Waals surface area contributed by atoms with Gasteiger partial charge in [0, 0.05) is 19.7 Å². The van der Waals surface area contributed by atoms with E-state index >= 15 is 0 Å². The van der Waals surface area contributed by atoms with Crippen LogP contribution in [0.15, 0.2) is 16.9 Å². The molecule has 6 nitrogen and oxygen atoms in total. The molecule has 2 N–H and O–H groups in total. The average Bonchev–Trinajstić information content (AvgIpc) is 2.83. The molecule has 0 aliphatic heterocycles. The van der Waals surface area contributed by atoms with Gasteiger partial charge in [0.05, 0.1) is 11.8 Å². The molecule has 0 atom stereocenters. The van der Waals surface area contributed by atoms with Gasteiger partial charge >= 0.3 is 0 Å². The van der Waals surface area contributed by atoms with Crippen LogP contribution in [0.4, 0.5) is 0 Å². The third kappa shape index (κ3) is 2.21. The van der Waals surface area contributed by atoms with Gasteiger partial charge in [0.2, 0.25) is 0 Å². The average molecular weight is 207 g/mol. The number of hydrogen-bond donors (Lipinski definition) is 1. The molecule has 0 bridgehead atoms. The van der Waals surface area contributed by atoms with E-state index in [0.29, 0.717) is 18.3 Å². The first-order valence-electron chi connectivity index (χ1n) is 4.81. The summed E-state index contributed by atoms with van der Waals surface area (Å²) in [6.45, 7) is 0.636. The van der Waals surface area contributed by atoms with Crippen molar-refractivity contribution < 1.29 is 4.52 Å².